The van der Waals surface area contributed by atoms with E-state index in [1.807, 2.05) is 60.7 Å². The van der Waals surface area contributed by atoms with E-state index in [4.69, 9.17) is 0 Å². The van der Waals surface area contributed by atoms with E-state index in [0.29, 0.717) is 24.2 Å². The third-order valence-corrected chi connectivity index (χ3v) is 5.06. The average Bonchev–Trinajstić information content (AvgIpc) is 2.98. The van der Waals surface area contributed by atoms with Crippen molar-refractivity contribution < 1.29 is 14.4 Å². The van der Waals surface area contributed by atoms with Crippen molar-refractivity contribution in [3.05, 3.63) is 107 Å². The van der Waals surface area contributed by atoms with Crippen LogP contribution in [-0.2, 0) is 13.1 Å². The van der Waals surface area contributed by atoms with Crippen LogP contribution in [0.4, 0.5) is 0 Å². The lowest BCUT2D eigenvalue weighted by Gasteiger charge is -2.23. The van der Waals surface area contributed by atoms with Gasteiger partial charge in [-0.2, -0.15) is 0 Å². The molecule has 144 valence electrons. The first kappa shape index (κ1) is 18.6. The molecule has 4 rings (SSSR count). The molecule has 1 aliphatic rings. The maximum absolute atomic E-state index is 13.3. The Labute approximate surface area is 169 Å². The summed E-state index contributed by atoms with van der Waals surface area (Å²) in [6.45, 7) is 0.886. The van der Waals surface area contributed by atoms with E-state index in [1.54, 1.807) is 17.0 Å². The molecule has 0 spiro atoms. The largest absolute Gasteiger partial charge is 0.330 e. The molecule has 5 nitrogen and oxygen atoms in total. The predicted molar refractivity (Wildman–Crippen MR) is 109 cm³/mol. The molecule has 0 N–H and O–H groups in total. The normalized spacial score (nSPS) is 12.8. The Morgan fingerprint density at radius 3 is 1.83 bits per heavy atom. The summed E-state index contributed by atoms with van der Waals surface area (Å²) in [5.74, 6) is -0.901. The van der Waals surface area contributed by atoms with Crippen molar-refractivity contribution in [2.45, 2.75) is 13.1 Å². The number of carbonyl (C=O) groups excluding carboxylic acids is 3. The molecular formula is C24H20N2O3. The van der Waals surface area contributed by atoms with Crippen molar-refractivity contribution in [2.75, 3.05) is 7.05 Å². The summed E-state index contributed by atoms with van der Waals surface area (Å²) in [7, 11) is 1.45. The average molecular weight is 384 g/mol. The number of amides is 3. The zero-order chi connectivity index (χ0) is 20.4. The van der Waals surface area contributed by atoms with Gasteiger partial charge in [-0.3, -0.25) is 19.3 Å². The van der Waals surface area contributed by atoms with Gasteiger partial charge in [-0.25, -0.2) is 0 Å². The summed E-state index contributed by atoms with van der Waals surface area (Å²) in [4.78, 5) is 40.6. The van der Waals surface area contributed by atoms with Crippen LogP contribution in [0.25, 0.3) is 0 Å². The van der Waals surface area contributed by atoms with Crippen LogP contribution in [-0.4, -0.2) is 34.6 Å². The van der Waals surface area contributed by atoms with E-state index in [9.17, 15) is 14.4 Å². The van der Waals surface area contributed by atoms with Crippen molar-refractivity contribution in [3.8, 4) is 0 Å². The van der Waals surface area contributed by atoms with E-state index < -0.39 is 0 Å². The van der Waals surface area contributed by atoms with Crippen LogP contribution >= 0.6 is 0 Å². The SMILES string of the molecule is CN1C(=O)c2ccc(C(=O)N(Cc3ccccc3)Cc3ccccc3)cc2C1=O. The van der Waals surface area contributed by atoms with E-state index in [2.05, 4.69) is 0 Å². The number of benzene rings is 3. The van der Waals surface area contributed by atoms with Crippen LogP contribution in [0, 0.1) is 0 Å². The Kier molecular flexibility index (Phi) is 4.96. The second-order valence-corrected chi connectivity index (χ2v) is 7.06. The van der Waals surface area contributed by atoms with Gasteiger partial charge < -0.3 is 4.90 Å². The molecule has 3 aromatic rings. The molecule has 0 saturated heterocycles. The fourth-order valence-electron chi connectivity index (χ4n) is 3.48. The highest BCUT2D eigenvalue weighted by Crippen LogP contribution is 2.24. The number of imide groups is 1. The van der Waals surface area contributed by atoms with Crippen molar-refractivity contribution in [1.82, 2.24) is 9.80 Å². The minimum absolute atomic E-state index is 0.185. The molecule has 1 heterocycles. The van der Waals surface area contributed by atoms with Gasteiger partial charge in [-0.05, 0) is 29.3 Å². The maximum atomic E-state index is 13.3. The van der Waals surface area contributed by atoms with Gasteiger partial charge in [0.25, 0.3) is 17.7 Å². The van der Waals surface area contributed by atoms with Crippen molar-refractivity contribution >= 4 is 17.7 Å². The van der Waals surface area contributed by atoms with E-state index in [-0.39, 0.29) is 23.3 Å². The molecular weight excluding hydrogens is 364 g/mol. The van der Waals surface area contributed by atoms with E-state index in [1.165, 1.54) is 13.1 Å². The zero-order valence-corrected chi connectivity index (χ0v) is 16.0. The van der Waals surface area contributed by atoms with Gasteiger partial charge in [0, 0.05) is 25.7 Å². The van der Waals surface area contributed by atoms with Crippen molar-refractivity contribution in [1.29, 1.82) is 0 Å². The molecule has 3 aromatic carbocycles. The molecule has 0 atom stereocenters. The zero-order valence-electron chi connectivity index (χ0n) is 16.0. The number of carbonyl (C=O) groups is 3. The molecule has 0 saturated carbocycles. The van der Waals surface area contributed by atoms with Crippen molar-refractivity contribution in [2.24, 2.45) is 0 Å². The second-order valence-electron chi connectivity index (χ2n) is 7.06. The Hall–Kier alpha value is -3.73. The molecule has 1 aliphatic heterocycles. The lowest BCUT2D eigenvalue weighted by Crippen LogP contribution is -2.30. The topological polar surface area (TPSA) is 57.7 Å². The highest BCUT2D eigenvalue weighted by molar-refractivity contribution is 6.21. The second kappa shape index (κ2) is 7.72. The summed E-state index contributed by atoms with van der Waals surface area (Å²) in [6.07, 6.45) is 0. The molecule has 0 bridgehead atoms. The molecule has 0 aromatic heterocycles. The summed E-state index contributed by atoms with van der Waals surface area (Å²) >= 11 is 0. The Bertz CT molecular complexity index is 1040. The van der Waals surface area contributed by atoms with Crippen LogP contribution < -0.4 is 0 Å². The summed E-state index contributed by atoms with van der Waals surface area (Å²) in [5, 5.41) is 0. The molecule has 0 radical (unpaired) electrons. The lowest BCUT2D eigenvalue weighted by molar-refractivity contribution is 0.0692. The third kappa shape index (κ3) is 3.67. The Balaban J connectivity index is 1.66. The van der Waals surface area contributed by atoms with E-state index >= 15 is 0 Å². The molecule has 3 amide bonds. The van der Waals surface area contributed by atoms with Gasteiger partial charge in [-0.15, -0.1) is 0 Å². The third-order valence-electron chi connectivity index (χ3n) is 5.06. The first-order valence-corrected chi connectivity index (χ1v) is 9.38. The standard InChI is InChI=1S/C24H20N2O3/c1-25-23(28)20-13-12-19(14-21(20)24(25)29)22(27)26(15-17-8-4-2-5-9-17)16-18-10-6-3-7-11-18/h2-14H,15-16H2,1H3. The summed E-state index contributed by atoms with van der Waals surface area (Å²) < 4.78 is 0. The summed E-state index contributed by atoms with van der Waals surface area (Å²) in [6, 6.07) is 24.3. The van der Waals surface area contributed by atoms with Crippen molar-refractivity contribution in [3.63, 3.8) is 0 Å². The van der Waals surface area contributed by atoms with Gasteiger partial charge in [0.2, 0.25) is 0 Å². The van der Waals surface area contributed by atoms with Crippen LogP contribution in [0.5, 0.6) is 0 Å². The highest BCUT2D eigenvalue weighted by atomic mass is 16.2. The monoisotopic (exact) mass is 384 g/mol. The smallest absolute Gasteiger partial charge is 0.261 e. The minimum atomic E-state index is -0.377. The number of rotatable bonds is 5. The van der Waals surface area contributed by atoms with Gasteiger partial charge >= 0.3 is 0 Å². The number of hydrogen-bond donors (Lipinski definition) is 0. The molecule has 0 unspecified atom stereocenters. The lowest BCUT2D eigenvalue weighted by atomic mass is 10.0. The predicted octanol–water partition coefficient (Wildman–Crippen LogP) is 3.76. The molecule has 0 aliphatic carbocycles. The van der Waals surface area contributed by atoms with Gasteiger partial charge in [0.15, 0.2) is 0 Å². The van der Waals surface area contributed by atoms with Gasteiger partial charge in [0.05, 0.1) is 11.1 Å². The molecule has 0 fully saturated rings. The fraction of sp³-hybridized carbons (Fsp3) is 0.125. The molecule has 29 heavy (non-hydrogen) atoms. The number of fused-ring (bicyclic) bond motifs is 1. The maximum Gasteiger partial charge on any atom is 0.261 e. The molecule has 5 heteroatoms. The highest BCUT2D eigenvalue weighted by Gasteiger charge is 2.33. The van der Waals surface area contributed by atoms with Crippen LogP contribution in [0.1, 0.15) is 42.2 Å². The quantitative estimate of drug-likeness (QED) is 0.630. The summed E-state index contributed by atoms with van der Waals surface area (Å²) in [5.41, 5.74) is 3.05. The minimum Gasteiger partial charge on any atom is -0.330 e. The number of nitrogens with zero attached hydrogens (tertiary/aromatic N) is 2. The number of hydrogen-bond acceptors (Lipinski definition) is 3. The van der Waals surface area contributed by atoms with Crippen LogP contribution in [0.2, 0.25) is 0 Å². The Morgan fingerprint density at radius 2 is 1.28 bits per heavy atom. The fourth-order valence-corrected chi connectivity index (χ4v) is 3.48. The van der Waals surface area contributed by atoms with E-state index in [0.717, 1.165) is 16.0 Å². The van der Waals surface area contributed by atoms with Gasteiger partial charge in [0.1, 0.15) is 0 Å². The van der Waals surface area contributed by atoms with Gasteiger partial charge in [-0.1, -0.05) is 60.7 Å². The van der Waals surface area contributed by atoms with Crippen LogP contribution in [0.3, 0.4) is 0 Å². The first-order chi connectivity index (χ1) is 14.0. The Morgan fingerprint density at radius 1 is 0.759 bits per heavy atom. The van der Waals surface area contributed by atoms with Crippen LogP contribution in [0.15, 0.2) is 78.9 Å². The first-order valence-electron chi connectivity index (χ1n) is 9.38.